The van der Waals surface area contributed by atoms with Crippen molar-refractivity contribution in [2.45, 2.75) is 39.7 Å². The van der Waals surface area contributed by atoms with Gasteiger partial charge in [-0.1, -0.05) is 19.8 Å². The molecule has 1 atom stereocenters. The Labute approximate surface area is 151 Å². The summed E-state index contributed by atoms with van der Waals surface area (Å²) in [6, 6.07) is 0. The number of aromatic nitrogens is 1. The zero-order valence-corrected chi connectivity index (χ0v) is 16.2. The molecule has 1 heterocycles. The molecule has 0 aromatic carbocycles. The average molecular weight is 410 g/mol. The highest BCUT2D eigenvalue weighted by molar-refractivity contribution is 7.46. The number of pyridine rings is 1. The van der Waals surface area contributed by atoms with Gasteiger partial charge >= 0.3 is 16.5 Å². The minimum atomic E-state index is -4.75. The minimum Gasteiger partial charge on any atom is -0.505 e. The molecule has 0 spiro atoms. The van der Waals surface area contributed by atoms with Crippen LogP contribution < -0.4 is 0 Å². The fourth-order valence-electron chi connectivity index (χ4n) is 1.79. The van der Waals surface area contributed by atoms with Crippen LogP contribution in [0.2, 0.25) is 0 Å². The van der Waals surface area contributed by atoms with Gasteiger partial charge in [0.25, 0.3) is 0 Å². The summed E-state index contributed by atoms with van der Waals surface area (Å²) < 4.78 is 23.8. The van der Waals surface area contributed by atoms with E-state index in [1.807, 2.05) is 0 Å². The van der Waals surface area contributed by atoms with E-state index < -0.39 is 23.1 Å². The van der Waals surface area contributed by atoms with Crippen LogP contribution in [0.3, 0.4) is 0 Å². The maximum absolute atomic E-state index is 11.2. The number of carbonyl (C=O) groups is 1. The molecule has 1 aromatic rings. The number of unbranched alkanes of at least 4 members (excludes halogenated alkanes) is 2. The second-order valence-corrected chi connectivity index (χ2v) is 6.33. The van der Waals surface area contributed by atoms with Gasteiger partial charge in [-0.3, -0.25) is 9.32 Å². The fourth-order valence-corrected chi connectivity index (χ4v) is 2.08. The van der Waals surface area contributed by atoms with Crippen LogP contribution in [-0.4, -0.2) is 37.6 Å². The summed E-state index contributed by atoms with van der Waals surface area (Å²) in [6.07, 6.45) is 3.22. The summed E-state index contributed by atoms with van der Waals surface area (Å²) in [6.45, 7) is 3.37. The number of rotatable bonds is 9. The number of hydrogen-bond acceptors (Lipinski definition) is 8. The number of aryl methyl sites for hydroxylation is 1. The summed E-state index contributed by atoms with van der Waals surface area (Å²) in [4.78, 5) is 39.8. The predicted molar refractivity (Wildman–Crippen MR) is 93.0 cm³/mol. The first kappa shape index (κ1) is 24.4. The third-order valence-electron chi connectivity index (χ3n) is 2.99. The zero-order chi connectivity index (χ0) is 20.2. The van der Waals surface area contributed by atoms with Gasteiger partial charge in [0.05, 0.1) is 24.4 Å². The third kappa shape index (κ3) is 9.19. The Balaban J connectivity index is 0.00000194. The number of phosphoric ester groups is 1. The molecule has 13 heteroatoms. The van der Waals surface area contributed by atoms with E-state index in [0.717, 1.165) is 19.3 Å². The highest BCUT2D eigenvalue weighted by atomic mass is 31.2. The number of phosphoric acid groups is 1. The topological polar surface area (TPSA) is 179 Å². The molecular weight excluding hydrogens is 388 g/mol. The molecule has 0 saturated heterocycles. The van der Waals surface area contributed by atoms with E-state index in [1.165, 1.54) is 6.92 Å². The lowest BCUT2D eigenvalue weighted by molar-refractivity contribution is 0.111. The van der Waals surface area contributed by atoms with Crippen LogP contribution in [-0.2, 0) is 20.3 Å². The van der Waals surface area contributed by atoms with Crippen LogP contribution in [0.5, 0.6) is 5.75 Å². The molecule has 26 heavy (non-hydrogen) atoms. The first-order chi connectivity index (χ1) is 12.2. The maximum Gasteiger partial charge on any atom is 0.491 e. The molecule has 0 aliphatic rings. The normalized spacial score (nSPS) is 11.4. The molecule has 1 aromatic heterocycles. The van der Waals surface area contributed by atoms with E-state index in [2.05, 4.69) is 26.7 Å². The molecule has 0 bridgehead atoms. The third-order valence-corrected chi connectivity index (χ3v) is 3.45. The first-order valence-corrected chi connectivity index (χ1v) is 9.86. The van der Waals surface area contributed by atoms with E-state index in [1.54, 1.807) is 0 Å². The molecule has 4 N–H and O–H groups in total. The smallest absolute Gasteiger partial charge is 0.491 e. The van der Waals surface area contributed by atoms with Gasteiger partial charge in [-0.2, -0.15) is 10.0 Å². The summed E-state index contributed by atoms with van der Waals surface area (Å²) in [5, 5.41) is 17.7. The Kier molecular flexibility index (Phi) is 11.9. The maximum atomic E-state index is 11.2. The Bertz CT molecular complexity index is 678. The number of nitrogens with zero attached hydrogens (tertiary/aromatic N) is 3. The molecule has 146 valence electrons. The van der Waals surface area contributed by atoms with Crippen molar-refractivity contribution in [2.24, 2.45) is 10.2 Å². The Morgan fingerprint density at radius 1 is 1.35 bits per heavy atom. The summed E-state index contributed by atoms with van der Waals surface area (Å²) in [7, 11) is -5.91. The molecule has 0 fully saturated rings. The van der Waals surface area contributed by atoms with Gasteiger partial charge in [0.15, 0.2) is 12.1 Å². The summed E-state index contributed by atoms with van der Waals surface area (Å²) >= 11 is 0. The Morgan fingerprint density at radius 2 is 1.96 bits per heavy atom. The lowest BCUT2D eigenvalue weighted by atomic mass is 10.1. The molecule has 0 amide bonds. The molecule has 0 saturated carbocycles. The molecule has 1 rings (SSSR count). The van der Waals surface area contributed by atoms with E-state index in [9.17, 15) is 14.5 Å². The fraction of sp³-hybridized carbons (Fsp3) is 0.538. The standard InChI is InChI=1S/C13H20N3O6P.HO2P/c1-3-4-5-6-14-16-13-11(8-22-23(19,20)21)10(7-17)12(18)9(2)15-13;1-3-2/h7,18H,3-6,8H2,1-2H3,(H2,19,20,21);3H/p+1. The second kappa shape index (κ2) is 12.7. The zero-order valence-electron chi connectivity index (χ0n) is 14.3. The van der Waals surface area contributed by atoms with Gasteiger partial charge in [0.2, 0.25) is 0 Å². The molecule has 0 aliphatic heterocycles. The number of aromatic hydroxyl groups is 1. The van der Waals surface area contributed by atoms with Crippen LogP contribution in [0.4, 0.5) is 5.82 Å². The Morgan fingerprint density at radius 3 is 2.46 bits per heavy atom. The van der Waals surface area contributed by atoms with E-state index in [0.29, 0.717) is 12.8 Å². The van der Waals surface area contributed by atoms with Gasteiger partial charge in [0.1, 0.15) is 5.75 Å². The van der Waals surface area contributed by atoms with Crippen LogP contribution >= 0.6 is 16.5 Å². The van der Waals surface area contributed by atoms with Crippen molar-refractivity contribution in [3.63, 3.8) is 0 Å². The van der Waals surface area contributed by atoms with Crippen LogP contribution in [0, 0.1) is 6.92 Å². The average Bonchev–Trinajstić information content (AvgIpc) is 2.56. The molecular formula is C13H22N3O8P2+. The van der Waals surface area contributed by atoms with Crippen molar-refractivity contribution in [3.05, 3.63) is 16.8 Å². The van der Waals surface area contributed by atoms with Crippen molar-refractivity contribution < 1.29 is 38.2 Å². The van der Waals surface area contributed by atoms with Crippen LogP contribution in [0.15, 0.2) is 10.2 Å². The molecule has 0 radical (unpaired) electrons. The van der Waals surface area contributed by atoms with Crippen molar-refractivity contribution in [2.75, 3.05) is 6.54 Å². The van der Waals surface area contributed by atoms with Crippen molar-refractivity contribution in [1.82, 2.24) is 4.98 Å². The first-order valence-electron chi connectivity index (χ1n) is 7.48. The van der Waals surface area contributed by atoms with Gasteiger partial charge in [-0.05, 0) is 17.9 Å². The molecule has 0 aliphatic carbocycles. The predicted octanol–water partition coefficient (Wildman–Crippen LogP) is 2.71. The van der Waals surface area contributed by atoms with Crippen molar-refractivity contribution in [3.8, 4) is 5.75 Å². The van der Waals surface area contributed by atoms with Crippen LogP contribution in [0.1, 0.15) is 47.8 Å². The van der Waals surface area contributed by atoms with E-state index in [4.69, 9.17) is 19.2 Å². The van der Waals surface area contributed by atoms with Gasteiger partial charge in [-0.25, -0.2) is 9.55 Å². The number of hydrogen-bond donors (Lipinski definition) is 4. The summed E-state index contributed by atoms with van der Waals surface area (Å²) in [5.74, 6) is -0.387. The van der Waals surface area contributed by atoms with Crippen molar-refractivity contribution >= 4 is 28.6 Å². The van der Waals surface area contributed by atoms with Crippen LogP contribution in [0.25, 0.3) is 0 Å². The van der Waals surface area contributed by atoms with E-state index >= 15 is 0 Å². The number of carbonyl (C=O) groups excluding carboxylic acids is 1. The lowest BCUT2D eigenvalue weighted by Gasteiger charge is -2.12. The molecule has 11 nitrogen and oxygen atoms in total. The Hall–Kier alpha value is -1.61. The minimum absolute atomic E-state index is 0.00708. The largest absolute Gasteiger partial charge is 0.505 e. The summed E-state index contributed by atoms with van der Waals surface area (Å²) in [5.41, 5.74) is -0.0336. The highest BCUT2D eigenvalue weighted by Gasteiger charge is 2.21. The van der Waals surface area contributed by atoms with E-state index in [-0.39, 0.29) is 28.4 Å². The number of aldehydes is 1. The van der Waals surface area contributed by atoms with Gasteiger partial charge in [-0.15, -0.1) is 5.11 Å². The monoisotopic (exact) mass is 410 g/mol. The molecule has 1 unspecified atom stereocenters. The lowest BCUT2D eigenvalue weighted by Crippen LogP contribution is -2.01. The van der Waals surface area contributed by atoms with Gasteiger partial charge < -0.3 is 14.9 Å². The SMILES string of the molecule is CCCCCN=Nc1nc(C)c(O)c(C=O)c1COP(=O)(O)O.O=[PH+]O. The quantitative estimate of drug-likeness (QED) is 0.206. The number of azo groups is 1. The second-order valence-electron chi connectivity index (χ2n) is 4.91. The van der Waals surface area contributed by atoms with Gasteiger partial charge in [0, 0.05) is 5.56 Å². The highest BCUT2D eigenvalue weighted by Crippen LogP contribution is 2.39. The van der Waals surface area contributed by atoms with Crippen molar-refractivity contribution in [1.29, 1.82) is 0 Å².